The summed E-state index contributed by atoms with van der Waals surface area (Å²) in [5, 5.41) is 4.73. The Morgan fingerprint density at radius 3 is 2.18 bits per heavy atom. The molecule has 0 radical (unpaired) electrons. The average molecular weight is 471 g/mol. The van der Waals surface area contributed by atoms with Gasteiger partial charge in [-0.25, -0.2) is 27.2 Å². The van der Waals surface area contributed by atoms with E-state index in [0.717, 1.165) is 31.5 Å². The maximum Gasteiger partial charge on any atom is 0.262 e. The van der Waals surface area contributed by atoms with Crippen molar-refractivity contribution >= 4 is 17.4 Å². The van der Waals surface area contributed by atoms with E-state index < -0.39 is 11.8 Å². The number of hydrogen-bond acceptors (Lipinski definition) is 4. The molecule has 2 aromatic heterocycles. The van der Waals surface area contributed by atoms with Gasteiger partial charge in [-0.3, -0.25) is 9.59 Å². The Labute approximate surface area is 188 Å². The van der Waals surface area contributed by atoms with Crippen molar-refractivity contribution in [3.63, 3.8) is 0 Å². The predicted octanol–water partition coefficient (Wildman–Crippen LogP) is 4.40. The van der Waals surface area contributed by atoms with Crippen molar-refractivity contribution in [3.05, 3.63) is 22.4 Å². The summed E-state index contributed by atoms with van der Waals surface area (Å²) >= 11 is 0. The molecular weight excluding hydrogens is 442 g/mol. The normalized spacial score (nSPS) is 23.3. The number of halogens is 4. The molecule has 1 N–H and O–H groups in total. The minimum absolute atomic E-state index is 0.0992. The fourth-order valence-electron chi connectivity index (χ4n) is 4.84. The quantitative estimate of drug-likeness (QED) is 0.531. The largest absolute Gasteiger partial charge is 0.345 e. The number of H-pyrrole nitrogens is 1. The van der Waals surface area contributed by atoms with Crippen molar-refractivity contribution in [2.75, 3.05) is 13.1 Å². The van der Waals surface area contributed by atoms with Crippen LogP contribution in [0.2, 0.25) is 0 Å². The summed E-state index contributed by atoms with van der Waals surface area (Å²) in [6, 6.07) is -0.0992. The molecule has 0 aromatic carbocycles. The number of carbonyl (C=O) groups excluding carboxylic acids is 1. The van der Waals surface area contributed by atoms with Crippen LogP contribution in [0.5, 0.6) is 0 Å². The molecule has 5 rings (SSSR count). The lowest BCUT2D eigenvalue weighted by Crippen LogP contribution is -2.38. The minimum Gasteiger partial charge on any atom is -0.345 e. The van der Waals surface area contributed by atoms with Crippen LogP contribution in [0.1, 0.15) is 82.0 Å². The van der Waals surface area contributed by atoms with Gasteiger partial charge in [-0.1, -0.05) is 12.8 Å². The van der Waals surface area contributed by atoms with Gasteiger partial charge in [0.15, 0.2) is 5.65 Å². The van der Waals surface area contributed by atoms with Crippen molar-refractivity contribution in [1.82, 2.24) is 24.6 Å². The number of rotatable bonds is 3. The van der Waals surface area contributed by atoms with Crippen molar-refractivity contribution in [3.8, 4) is 0 Å². The summed E-state index contributed by atoms with van der Waals surface area (Å²) in [6.45, 7) is 0.382. The third kappa shape index (κ3) is 5.55. The zero-order valence-electron chi connectivity index (χ0n) is 18.4. The molecule has 33 heavy (non-hydrogen) atoms. The van der Waals surface area contributed by atoms with Crippen LogP contribution in [0.25, 0.3) is 11.0 Å². The van der Waals surface area contributed by atoms with Gasteiger partial charge in [0.2, 0.25) is 12.3 Å². The minimum atomic E-state index is -2.57. The number of aromatic amines is 1. The molecule has 0 spiro atoms. The van der Waals surface area contributed by atoms with Crippen molar-refractivity contribution in [1.29, 1.82) is 0 Å². The summed E-state index contributed by atoms with van der Waals surface area (Å²) in [4.78, 5) is 31.2. The van der Waals surface area contributed by atoms with Crippen LogP contribution in [0.4, 0.5) is 17.6 Å². The monoisotopic (exact) mass is 471 g/mol. The lowest BCUT2D eigenvalue weighted by atomic mass is 9.92. The summed E-state index contributed by atoms with van der Waals surface area (Å²) in [6.07, 6.45) is 6.63. The van der Waals surface area contributed by atoms with Crippen molar-refractivity contribution in [2.45, 2.75) is 88.0 Å². The second kappa shape index (κ2) is 9.42. The summed E-state index contributed by atoms with van der Waals surface area (Å²) < 4.78 is 53.2. The van der Waals surface area contributed by atoms with E-state index in [-0.39, 0.29) is 50.4 Å². The van der Waals surface area contributed by atoms with Crippen LogP contribution in [0.3, 0.4) is 0 Å². The molecular formula is C22H29F4N5O2. The molecule has 2 saturated carbocycles. The molecule has 182 valence electrons. The van der Waals surface area contributed by atoms with Crippen LogP contribution in [-0.2, 0) is 4.79 Å². The van der Waals surface area contributed by atoms with E-state index in [1.807, 2.05) is 0 Å². The van der Waals surface area contributed by atoms with Gasteiger partial charge in [0.1, 0.15) is 11.2 Å². The van der Waals surface area contributed by atoms with Crippen LogP contribution >= 0.6 is 0 Å². The number of amides is 1. The third-order valence-electron chi connectivity index (χ3n) is 6.93. The number of aromatic nitrogens is 4. The Morgan fingerprint density at radius 2 is 1.58 bits per heavy atom. The van der Waals surface area contributed by atoms with Gasteiger partial charge in [-0.15, -0.1) is 0 Å². The molecule has 7 nitrogen and oxygen atoms in total. The molecule has 0 unspecified atom stereocenters. The Bertz CT molecular complexity index is 1010. The first-order valence-electron chi connectivity index (χ1n) is 11.6. The van der Waals surface area contributed by atoms with E-state index in [1.165, 1.54) is 11.1 Å². The maximum absolute atomic E-state index is 13.4. The Morgan fingerprint density at radius 1 is 0.970 bits per heavy atom. The zero-order chi connectivity index (χ0) is 23.6. The fourth-order valence-corrected chi connectivity index (χ4v) is 4.84. The maximum atomic E-state index is 13.4. The van der Waals surface area contributed by atoms with Gasteiger partial charge in [0, 0.05) is 44.7 Å². The van der Waals surface area contributed by atoms with Gasteiger partial charge in [-0.2, -0.15) is 5.10 Å². The number of fused-ring (bicyclic) bond motifs is 1. The first-order valence-corrected chi connectivity index (χ1v) is 11.6. The van der Waals surface area contributed by atoms with E-state index in [0.29, 0.717) is 36.2 Å². The molecule has 0 atom stereocenters. The Kier molecular flexibility index (Phi) is 6.76. The highest BCUT2D eigenvalue weighted by molar-refractivity contribution is 5.73. The smallest absolute Gasteiger partial charge is 0.262 e. The Hall–Kier alpha value is -2.46. The molecule has 3 aliphatic rings. The lowest BCUT2D eigenvalue weighted by Gasteiger charge is -2.28. The van der Waals surface area contributed by atoms with E-state index in [1.54, 1.807) is 4.68 Å². The Balaban J connectivity index is 0.000000219. The number of carbonyl (C=O) groups is 1. The summed E-state index contributed by atoms with van der Waals surface area (Å²) in [5.41, 5.74) is 0.371. The lowest BCUT2D eigenvalue weighted by molar-refractivity contribution is -0.124. The fraction of sp³-hybridized carbons (Fsp3) is 0.727. The number of alkyl halides is 4. The zero-order valence-corrected chi connectivity index (χ0v) is 18.4. The van der Waals surface area contributed by atoms with Crippen LogP contribution < -0.4 is 5.56 Å². The van der Waals surface area contributed by atoms with Gasteiger partial charge >= 0.3 is 0 Å². The standard InChI is InChI=1S/C16H20F2N4O.C6H9F2NO/c17-16(18)7-5-11(6-8-16)22-14-12(9-19-22)15(23)21-13(20-14)10-3-1-2-4-10;7-6(8)1-3-9(5-10)4-2-6/h9-11H,1-8H2,(H,20,21,23);5H,1-4H2. The summed E-state index contributed by atoms with van der Waals surface area (Å²) in [5.74, 6) is -4.09. The highest BCUT2D eigenvalue weighted by Crippen LogP contribution is 2.39. The van der Waals surface area contributed by atoms with Crippen LogP contribution in [-0.4, -0.2) is 56.0 Å². The van der Waals surface area contributed by atoms with Crippen LogP contribution in [0, 0.1) is 0 Å². The van der Waals surface area contributed by atoms with Crippen molar-refractivity contribution < 1.29 is 22.4 Å². The van der Waals surface area contributed by atoms with Gasteiger partial charge in [0.25, 0.3) is 11.5 Å². The highest BCUT2D eigenvalue weighted by Gasteiger charge is 2.36. The highest BCUT2D eigenvalue weighted by atomic mass is 19.3. The van der Waals surface area contributed by atoms with E-state index in [4.69, 9.17) is 0 Å². The molecule has 11 heteroatoms. The average Bonchev–Trinajstić information content (AvgIpc) is 3.45. The molecule has 1 saturated heterocycles. The summed E-state index contributed by atoms with van der Waals surface area (Å²) in [7, 11) is 0. The van der Waals surface area contributed by atoms with E-state index in [9.17, 15) is 27.2 Å². The third-order valence-corrected chi connectivity index (χ3v) is 6.93. The molecule has 2 aliphatic carbocycles. The van der Waals surface area contributed by atoms with E-state index >= 15 is 0 Å². The van der Waals surface area contributed by atoms with Gasteiger partial charge in [-0.05, 0) is 25.7 Å². The van der Waals surface area contributed by atoms with Gasteiger partial charge in [0.05, 0.1) is 12.2 Å². The molecule has 3 fully saturated rings. The first-order chi connectivity index (χ1) is 15.7. The van der Waals surface area contributed by atoms with Crippen LogP contribution in [0.15, 0.2) is 11.0 Å². The predicted molar refractivity (Wildman–Crippen MR) is 114 cm³/mol. The SMILES string of the molecule is O=CN1CCC(F)(F)CC1.O=c1[nH]c(C2CCCC2)nc2c1cnn2C1CCC(F)(F)CC1. The van der Waals surface area contributed by atoms with E-state index in [2.05, 4.69) is 15.1 Å². The topological polar surface area (TPSA) is 83.9 Å². The molecule has 2 aromatic rings. The number of hydrogen-bond donors (Lipinski definition) is 1. The molecule has 1 aliphatic heterocycles. The number of nitrogens with zero attached hydrogens (tertiary/aromatic N) is 4. The number of nitrogens with one attached hydrogen (secondary N) is 1. The van der Waals surface area contributed by atoms with Gasteiger partial charge < -0.3 is 9.88 Å². The second-order valence-corrected chi connectivity index (χ2v) is 9.34. The first kappa shape index (κ1) is 23.7. The molecule has 0 bridgehead atoms. The number of piperidine rings is 1. The van der Waals surface area contributed by atoms with Crippen molar-refractivity contribution in [2.24, 2.45) is 0 Å². The second-order valence-electron chi connectivity index (χ2n) is 9.34. The molecule has 1 amide bonds. The molecule has 3 heterocycles. The number of likely N-dealkylation sites (tertiary alicyclic amines) is 1.